The molecule has 0 aromatic rings. The number of unbranched alkanes of at least 4 members (excludes halogenated alkanes) is 40. The molecule has 12 unspecified atom stereocenters. The molecule has 2 aliphatic heterocycles. The maximum absolute atomic E-state index is 13.4. The van der Waals surface area contributed by atoms with Gasteiger partial charge in [-0.25, -0.2) is 0 Å². The number of carbonyl (C=O) groups excluding carboxylic acids is 1. The lowest BCUT2D eigenvalue weighted by Gasteiger charge is -2.46. The highest BCUT2D eigenvalue weighted by Gasteiger charge is 2.51. The van der Waals surface area contributed by atoms with Crippen LogP contribution in [-0.4, -0.2) is 140 Å². The maximum Gasteiger partial charge on any atom is 0.220 e. The lowest BCUT2D eigenvalue weighted by atomic mass is 9.97. The third-order valence-electron chi connectivity index (χ3n) is 18.3. The first-order valence-corrected chi connectivity index (χ1v) is 38.2. The van der Waals surface area contributed by atoms with E-state index in [2.05, 4.69) is 79.9 Å². The van der Waals surface area contributed by atoms with Crippen molar-refractivity contribution < 1.29 is 64.6 Å². The van der Waals surface area contributed by atoms with E-state index in [1.54, 1.807) is 6.08 Å². The summed E-state index contributed by atoms with van der Waals surface area (Å²) in [5.74, 6) is -0.254. The molecule has 1 amide bonds. The van der Waals surface area contributed by atoms with Crippen LogP contribution >= 0.6 is 0 Å². The number of ether oxygens (including phenoxy) is 4. The van der Waals surface area contributed by atoms with Gasteiger partial charge in [-0.15, -0.1) is 0 Å². The quantitative estimate of drug-likeness (QED) is 0.0204. The Kier molecular flexibility index (Phi) is 57.6. The molecule has 0 saturated carbocycles. The van der Waals surface area contributed by atoms with Gasteiger partial charge >= 0.3 is 0 Å². The molecule has 2 saturated heterocycles. The molecule has 9 N–H and O–H groups in total. The summed E-state index contributed by atoms with van der Waals surface area (Å²) in [4.78, 5) is 13.4. The molecule has 2 heterocycles. The molecule has 0 radical (unpaired) electrons. The predicted octanol–water partition coefficient (Wildman–Crippen LogP) is 16.6. The van der Waals surface area contributed by atoms with Crippen LogP contribution < -0.4 is 5.32 Å². The van der Waals surface area contributed by atoms with E-state index in [0.29, 0.717) is 12.8 Å². The van der Waals surface area contributed by atoms with Gasteiger partial charge < -0.3 is 65.1 Å². The van der Waals surface area contributed by atoms with E-state index < -0.39 is 86.8 Å². The number of aliphatic hydroxyl groups is 8. The van der Waals surface area contributed by atoms with Crippen molar-refractivity contribution in [3.8, 4) is 0 Å². The molecule has 12 atom stereocenters. The second-order valence-electron chi connectivity index (χ2n) is 26.8. The highest BCUT2D eigenvalue weighted by Crippen LogP contribution is 2.30. The van der Waals surface area contributed by atoms with Crippen molar-refractivity contribution in [3.63, 3.8) is 0 Å². The second-order valence-corrected chi connectivity index (χ2v) is 26.8. The van der Waals surface area contributed by atoms with Crippen molar-refractivity contribution in [1.29, 1.82) is 0 Å². The Hall–Kier alpha value is -2.57. The molecule has 0 aromatic carbocycles. The first-order valence-electron chi connectivity index (χ1n) is 38.2. The molecule has 0 aliphatic carbocycles. The number of rotatable bonds is 63. The van der Waals surface area contributed by atoms with Crippen LogP contribution in [0.25, 0.3) is 0 Å². The number of hydrogen-bond donors (Lipinski definition) is 9. The summed E-state index contributed by atoms with van der Waals surface area (Å²) < 4.78 is 22.9. The van der Waals surface area contributed by atoms with Crippen molar-refractivity contribution in [3.05, 3.63) is 72.9 Å². The van der Waals surface area contributed by atoms with Crippen LogP contribution in [0, 0.1) is 0 Å². The fraction of sp³-hybridized carbons (Fsp3) is 0.833. The standard InChI is InChI=1S/C78H141NO13/c1-3-5-7-9-11-13-15-17-19-21-23-25-27-29-31-32-33-34-36-37-39-41-43-45-47-49-51-53-55-57-59-61-67(82)66(65-89-77-75(88)73(86)76(69(64-81)91-77)92-78-74(87)72(85)71(84)68(63-80)90-78)79-70(83)62-60-58-56-54-52-50-48-46-44-42-40-38-35-30-28-26-24-22-20-18-16-14-12-10-8-6-4-2/h16,18,22,24,28,30,43,45,51,53,59,61,66-69,71-78,80-82,84-88H,3-15,17,19-21,23,25-27,29,31-42,44,46-50,52,54-58,60,62-65H2,1-2H3,(H,79,83)/b18-16-,24-22-,30-28-,45-43+,53-51+,61-59+. The highest BCUT2D eigenvalue weighted by atomic mass is 16.7. The maximum atomic E-state index is 13.4. The summed E-state index contributed by atoms with van der Waals surface area (Å²) in [7, 11) is 0. The Bertz CT molecular complexity index is 1820. The molecule has 0 bridgehead atoms. The summed E-state index contributed by atoms with van der Waals surface area (Å²) in [5, 5.41) is 87.5. The van der Waals surface area contributed by atoms with Gasteiger partial charge in [0.25, 0.3) is 0 Å². The Balaban J connectivity index is 1.68. The summed E-state index contributed by atoms with van der Waals surface area (Å²) in [6.07, 6.45) is 68.3. The van der Waals surface area contributed by atoms with Crippen LogP contribution in [0.1, 0.15) is 322 Å². The molecule has 536 valence electrons. The fourth-order valence-corrected chi connectivity index (χ4v) is 12.3. The molecule has 0 spiro atoms. The van der Waals surface area contributed by atoms with E-state index in [-0.39, 0.29) is 18.9 Å². The minimum atomic E-state index is -1.80. The van der Waals surface area contributed by atoms with Gasteiger partial charge in [-0.1, -0.05) is 305 Å². The van der Waals surface area contributed by atoms with E-state index in [0.717, 1.165) is 64.2 Å². The number of hydrogen-bond acceptors (Lipinski definition) is 13. The zero-order valence-electron chi connectivity index (χ0n) is 58.5. The average molecular weight is 1300 g/mol. The lowest BCUT2D eigenvalue weighted by Crippen LogP contribution is -2.65. The third-order valence-corrected chi connectivity index (χ3v) is 18.3. The van der Waals surface area contributed by atoms with Gasteiger partial charge in [-0.2, -0.15) is 0 Å². The smallest absolute Gasteiger partial charge is 0.220 e. The first kappa shape index (κ1) is 85.5. The van der Waals surface area contributed by atoms with Crippen LogP contribution in [-0.2, 0) is 23.7 Å². The third kappa shape index (κ3) is 45.0. The van der Waals surface area contributed by atoms with Crippen molar-refractivity contribution in [1.82, 2.24) is 5.32 Å². The van der Waals surface area contributed by atoms with E-state index >= 15 is 0 Å². The molecule has 2 fully saturated rings. The van der Waals surface area contributed by atoms with Gasteiger partial charge in [0.15, 0.2) is 12.6 Å². The van der Waals surface area contributed by atoms with Crippen LogP contribution in [0.3, 0.4) is 0 Å². The predicted molar refractivity (Wildman–Crippen MR) is 378 cm³/mol. The van der Waals surface area contributed by atoms with Crippen LogP contribution in [0.5, 0.6) is 0 Å². The molecular formula is C78H141NO13. The topological polar surface area (TPSA) is 228 Å². The zero-order valence-corrected chi connectivity index (χ0v) is 58.5. The normalized spacial score (nSPS) is 23.1. The summed E-state index contributed by atoms with van der Waals surface area (Å²) in [6.45, 7) is 2.80. The number of allylic oxidation sites excluding steroid dienone is 11. The minimum absolute atomic E-state index is 0.254. The molecule has 2 rings (SSSR count). The first-order chi connectivity index (χ1) is 45.1. The molecular weight excluding hydrogens is 1160 g/mol. The molecule has 2 aliphatic rings. The largest absolute Gasteiger partial charge is 0.394 e. The summed E-state index contributed by atoms with van der Waals surface area (Å²) in [5.41, 5.74) is 0. The minimum Gasteiger partial charge on any atom is -0.394 e. The number of amides is 1. The fourth-order valence-electron chi connectivity index (χ4n) is 12.3. The molecule has 14 heteroatoms. The summed E-state index contributed by atoms with van der Waals surface area (Å²) in [6, 6.07) is -0.945. The molecule has 92 heavy (non-hydrogen) atoms. The van der Waals surface area contributed by atoms with Crippen molar-refractivity contribution in [2.45, 2.75) is 396 Å². The van der Waals surface area contributed by atoms with Crippen molar-refractivity contribution in [2.75, 3.05) is 19.8 Å². The van der Waals surface area contributed by atoms with Gasteiger partial charge in [0.05, 0.1) is 32.0 Å². The van der Waals surface area contributed by atoms with Gasteiger partial charge in [-0.3, -0.25) is 4.79 Å². The Morgan fingerprint density at radius 1 is 0.391 bits per heavy atom. The average Bonchev–Trinajstić information content (AvgIpc) is 0.882. The molecule has 0 aromatic heterocycles. The zero-order chi connectivity index (χ0) is 66.6. The van der Waals surface area contributed by atoms with Crippen LogP contribution in [0.15, 0.2) is 72.9 Å². The Morgan fingerprint density at radius 2 is 0.728 bits per heavy atom. The van der Waals surface area contributed by atoms with E-state index in [1.165, 1.54) is 225 Å². The van der Waals surface area contributed by atoms with E-state index in [9.17, 15) is 45.6 Å². The highest BCUT2D eigenvalue weighted by molar-refractivity contribution is 5.76. The number of nitrogens with one attached hydrogen (secondary N) is 1. The molecule has 14 nitrogen and oxygen atoms in total. The van der Waals surface area contributed by atoms with Gasteiger partial charge in [0.2, 0.25) is 5.91 Å². The van der Waals surface area contributed by atoms with Gasteiger partial charge in [0.1, 0.15) is 48.8 Å². The second kappa shape index (κ2) is 62.0. The monoisotopic (exact) mass is 1300 g/mol. The number of carbonyl (C=O) groups is 1. The SMILES string of the molecule is CCCCCCC/C=C\C/C=C\C/C=C\CCCCCCCCCCCCCCC(=O)NC(COC1OC(CO)C(OC2OC(CO)C(O)C(O)C2O)C(O)C1O)C(O)/C=C/CC/C=C/CC/C=C/CCCCCCCCCCCCCCCCCCCCCCC. The lowest BCUT2D eigenvalue weighted by molar-refractivity contribution is -0.359. The van der Waals surface area contributed by atoms with Crippen LogP contribution in [0.2, 0.25) is 0 Å². The van der Waals surface area contributed by atoms with Gasteiger partial charge in [0, 0.05) is 6.42 Å². The number of aliphatic hydroxyl groups excluding tert-OH is 8. The van der Waals surface area contributed by atoms with E-state index in [1.807, 2.05) is 6.08 Å². The Morgan fingerprint density at radius 3 is 1.14 bits per heavy atom. The Labute approximate surface area is 561 Å². The van der Waals surface area contributed by atoms with Crippen molar-refractivity contribution in [2.24, 2.45) is 0 Å². The van der Waals surface area contributed by atoms with Gasteiger partial charge in [-0.05, 0) is 83.5 Å². The summed E-state index contributed by atoms with van der Waals surface area (Å²) >= 11 is 0. The van der Waals surface area contributed by atoms with Crippen LogP contribution in [0.4, 0.5) is 0 Å². The van der Waals surface area contributed by atoms with Crippen molar-refractivity contribution >= 4 is 5.91 Å². The van der Waals surface area contributed by atoms with E-state index in [4.69, 9.17) is 18.9 Å².